The molecule has 0 bridgehead atoms. The number of aryl methyl sites for hydroxylation is 1. The zero-order chi connectivity index (χ0) is 11.5. The van der Waals surface area contributed by atoms with E-state index in [2.05, 4.69) is 38.3 Å². The van der Waals surface area contributed by atoms with Crippen LogP contribution in [0.3, 0.4) is 0 Å². The molecule has 0 unspecified atom stereocenters. The summed E-state index contributed by atoms with van der Waals surface area (Å²) in [5.74, 6) is 0. The average molecular weight is 345 g/mol. The minimum atomic E-state index is 0.717. The second kappa shape index (κ2) is 5.01. The van der Waals surface area contributed by atoms with Crippen molar-refractivity contribution in [2.75, 3.05) is 11.1 Å². The summed E-state index contributed by atoms with van der Waals surface area (Å²) >= 11 is 3.91. The van der Waals surface area contributed by atoms with Crippen LogP contribution in [0.15, 0.2) is 23.6 Å². The predicted octanol–water partition coefficient (Wildman–Crippen LogP) is 3.25. The molecule has 2 aromatic rings. The number of benzene rings is 1. The topological polar surface area (TPSA) is 50.9 Å². The van der Waals surface area contributed by atoms with Gasteiger partial charge in [0, 0.05) is 8.95 Å². The highest BCUT2D eigenvalue weighted by Gasteiger charge is 2.01. The lowest BCUT2D eigenvalue weighted by atomic mass is 10.2. The van der Waals surface area contributed by atoms with E-state index < -0.39 is 0 Å². The van der Waals surface area contributed by atoms with Gasteiger partial charge in [-0.25, -0.2) is 4.98 Å². The Balaban J connectivity index is 2.04. The van der Waals surface area contributed by atoms with Crippen LogP contribution in [0.1, 0.15) is 10.7 Å². The predicted molar refractivity (Wildman–Crippen MR) is 77.7 cm³/mol. The van der Waals surface area contributed by atoms with E-state index in [4.69, 9.17) is 5.73 Å². The van der Waals surface area contributed by atoms with Crippen LogP contribution in [-0.4, -0.2) is 4.98 Å². The number of hydrogen-bond acceptors (Lipinski definition) is 4. The van der Waals surface area contributed by atoms with Crippen molar-refractivity contribution in [3.05, 3.63) is 37.9 Å². The lowest BCUT2D eigenvalue weighted by Gasteiger charge is -2.08. The van der Waals surface area contributed by atoms with E-state index in [0.29, 0.717) is 0 Å². The molecule has 1 aromatic heterocycles. The summed E-state index contributed by atoms with van der Waals surface area (Å²) in [6, 6.07) is 5.98. The Hall–Kier alpha value is -0.820. The summed E-state index contributed by atoms with van der Waals surface area (Å²) in [6.45, 7) is 2.72. The molecule has 0 spiro atoms. The molecule has 3 N–H and O–H groups in total. The molecule has 3 nitrogen and oxygen atoms in total. The van der Waals surface area contributed by atoms with Gasteiger partial charge in [0.05, 0.1) is 28.6 Å². The third-order valence-corrected chi connectivity index (χ3v) is 3.63. The van der Waals surface area contributed by atoms with Gasteiger partial charge < -0.3 is 11.1 Å². The van der Waals surface area contributed by atoms with Crippen LogP contribution in [0.2, 0.25) is 0 Å². The summed E-state index contributed by atoms with van der Waals surface area (Å²) in [7, 11) is 0. The largest absolute Gasteiger partial charge is 0.397 e. The molecule has 16 heavy (non-hydrogen) atoms. The minimum Gasteiger partial charge on any atom is -0.397 e. The number of thiazole rings is 1. The Morgan fingerprint density at radius 3 is 2.94 bits per heavy atom. The standard InChI is InChI=1S/C11H12IN3S/c1-7-15-9(6-16-7)5-14-11-3-2-8(12)4-10(11)13/h2-4,6,14H,5,13H2,1H3. The Bertz CT molecular complexity index is 496. The van der Waals surface area contributed by atoms with Gasteiger partial charge in [-0.05, 0) is 47.7 Å². The van der Waals surface area contributed by atoms with Gasteiger partial charge >= 0.3 is 0 Å². The number of hydrogen-bond donors (Lipinski definition) is 2. The molecule has 0 amide bonds. The van der Waals surface area contributed by atoms with E-state index in [9.17, 15) is 0 Å². The second-order valence-electron chi connectivity index (χ2n) is 3.44. The molecule has 0 saturated carbocycles. The molecule has 0 atom stereocenters. The Morgan fingerprint density at radius 2 is 2.31 bits per heavy atom. The highest BCUT2D eigenvalue weighted by atomic mass is 127. The molecule has 0 saturated heterocycles. The molecule has 1 heterocycles. The van der Waals surface area contributed by atoms with E-state index in [0.717, 1.165) is 32.2 Å². The first-order chi connectivity index (χ1) is 7.65. The van der Waals surface area contributed by atoms with Crippen LogP contribution in [0.5, 0.6) is 0 Å². The van der Waals surface area contributed by atoms with E-state index in [1.165, 1.54) is 0 Å². The molecule has 0 aliphatic rings. The molecule has 5 heteroatoms. The third kappa shape index (κ3) is 2.85. The highest BCUT2D eigenvalue weighted by Crippen LogP contribution is 2.21. The van der Waals surface area contributed by atoms with Crippen molar-refractivity contribution in [1.82, 2.24) is 4.98 Å². The summed E-state index contributed by atoms with van der Waals surface area (Å²) in [4.78, 5) is 4.39. The van der Waals surface area contributed by atoms with E-state index in [1.807, 2.05) is 25.1 Å². The summed E-state index contributed by atoms with van der Waals surface area (Å²) < 4.78 is 1.14. The van der Waals surface area contributed by atoms with Crippen LogP contribution in [0.25, 0.3) is 0 Å². The van der Waals surface area contributed by atoms with E-state index >= 15 is 0 Å². The number of anilines is 2. The summed E-state index contributed by atoms with van der Waals surface area (Å²) in [6.07, 6.45) is 0. The van der Waals surface area contributed by atoms with Gasteiger partial charge in [-0.1, -0.05) is 0 Å². The number of nitrogens with zero attached hydrogens (tertiary/aromatic N) is 1. The molecular weight excluding hydrogens is 333 g/mol. The average Bonchev–Trinajstić information content (AvgIpc) is 2.63. The fourth-order valence-corrected chi connectivity index (χ4v) is 2.50. The maximum atomic E-state index is 5.91. The van der Waals surface area contributed by atoms with Crippen LogP contribution < -0.4 is 11.1 Å². The normalized spacial score (nSPS) is 10.4. The van der Waals surface area contributed by atoms with Crippen molar-refractivity contribution in [1.29, 1.82) is 0 Å². The monoisotopic (exact) mass is 345 g/mol. The number of nitrogens with two attached hydrogens (primary N) is 1. The molecule has 2 rings (SSSR count). The van der Waals surface area contributed by atoms with Crippen LogP contribution in [0.4, 0.5) is 11.4 Å². The highest BCUT2D eigenvalue weighted by molar-refractivity contribution is 14.1. The fourth-order valence-electron chi connectivity index (χ4n) is 1.37. The van der Waals surface area contributed by atoms with Gasteiger partial charge in [0.25, 0.3) is 0 Å². The lowest BCUT2D eigenvalue weighted by Crippen LogP contribution is -2.02. The lowest BCUT2D eigenvalue weighted by molar-refractivity contribution is 1.06. The Kier molecular flexibility index (Phi) is 3.65. The van der Waals surface area contributed by atoms with Gasteiger partial charge in [-0.3, -0.25) is 0 Å². The first-order valence-electron chi connectivity index (χ1n) is 4.85. The van der Waals surface area contributed by atoms with Crippen molar-refractivity contribution < 1.29 is 0 Å². The van der Waals surface area contributed by atoms with Crippen molar-refractivity contribution in [3.8, 4) is 0 Å². The number of nitrogen functional groups attached to an aromatic ring is 1. The Labute approximate surface area is 112 Å². The van der Waals surface area contributed by atoms with Crippen LogP contribution in [0, 0.1) is 10.5 Å². The van der Waals surface area contributed by atoms with Crippen LogP contribution >= 0.6 is 33.9 Å². The molecule has 0 fully saturated rings. The van der Waals surface area contributed by atoms with Gasteiger partial charge in [0.2, 0.25) is 0 Å². The molecular formula is C11H12IN3S. The zero-order valence-electron chi connectivity index (χ0n) is 8.83. The van der Waals surface area contributed by atoms with Gasteiger partial charge in [-0.15, -0.1) is 11.3 Å². The first kappa shape index (κ1) is 11.7. The number of rotatable bonds is 3. The van der Waals surface area contributed by atoms with E-state index in [-0.39, 0.29) is 0 Å². The zero-order valence-corrected chi connectivity index (χ0v) is 11.8. The van der Waals surface area contributed by atoms with E-state index in [1.54, 1.807) is 11.3 Å². The molecule has 0 aliphatic heterocycles. The van der Waals surface area contributed by atoms with Gasteiger partial charge in [-0.2, -0.15) is 0 Å². The van der Waals surface area contributed by atoms with Crippen LogP contribution in [-0.2, 0) is 6.54 Å². The Morgan fingerprint density at radius 1 is 1.50 bits per heavy atom. The fraction of sp³-hybridized carbons (Fsp3) is 0.182. The molecule has 84 valence electrons. The maximum Gasteiger partial charge on any atom is 0.0898 e. The van der Waals surface area contributed by atoms with Crippen molar-refractivity contribution >= 4 is 45.3 Å². The SMILES string of the molecule is Cc1nc(CNc2ccc(I)cc2N)cs1. The van der Waals surface area contributed by atoms with Crippen molar-refractivity contribution in [2.45, 2.75) is 13.5 Å². The summed E-state index contributed by atoms with van der Waals surface area (Å²) in [5, 5.41) is 6.44. The third-order valence-electron chi connectivity index (χ3n) is 2.14. The first-order valence-corrected chi connectivity index (χ1v) is 6.81. The van der Waals surface area contributed by atoms with Gasteiger partial charge in [0.1, 0.15) is 0 Å². The maximum absolute atomic E-state index is 5.91. The number of aromatic nitrogens is 1. The second-order valence-corrected chi connectivity index (χ2v) is 5.75. The van der Waals surface area contributed by atoms with Crippen molar-refractivity contribution in [2.24, 2.45) is 0 Å². The number of nitrogens with one attached hydrogen (secondary N) is 1. The molecule has 0 aliphatic carbocycles. The molecule has 1 aromatic carbocycles. The number of halogens is 1. The van der Waals surface area contributed by atoms with Gasteiger partial charge in [0.15, 0.2) is 0 Å². The quantitative estimate of drug-likeness (QED) is 0.663. The smallest absolute Gasteiger partial charge is 0.0898 e. The minimum absolute atomic E-state index is 0.717. The molecule has 0 radical (unpaired) electrons. The van der Waals surface area contributed by atoms with Crippen molar-refractivity contribution in [3.63, 3.8) is 0 Å². The summed E-state index contributed by atoms with van der Waals surface area (Å²) in [5.41, 5.74) is 8.70.